The van der Waals surface area contributed by atoms with Crippen molar-refractivity contribution in [1.82, 2.24) is 4.98 Å². The largest absolute Gasteiger partial charge is 0.304 e. The fourth-order valence-corrected chi connectivity index (χ4v) is 1.19. The molecule has 2 aromatic rings. The Morgan fingerprint density at radius 3 is 2.60 bits per heavy atom. The first-order chi connectivity index (χ1) is 6.90. The van der Waals surface area contributed by atoms with Gasteiger partial charge in [0.2, 0.25) is 0 Å². The zero-order valence-electron chi connectivity index (χ0n) is 7.81. The van der Waals surface area contributed by atoms with Crippen LogP contribution in [0.5, 0.6) is 0 Å². The number of rotatable bonds is 2. The quantitative estimate of drug-likeness (QED) is 0.597. The SMILES string of the molecule is O=Cc1ccc(-c2[c-]cccc2)nc1.[Ir]. The predicted octanol–water partition coefficient (Wildman–Crippen LogP) is 2.36. The third-order valence-electron chi connectivity index (χ3n) is 1.91. The number of carbonyl (C=O) groups excluding carboxylic acids is 1. The molecule has 15 heavy (non-hydrogen) atoms. The van der Waals surface area contributed by atoms with Crippen molar-refractivity contribution in [2.75, 3.05) is 0 Å². The van der Waals surface area contributed by atoms with Crippen molar-refractivity contribution >= 4 is 6.29 Å². The van der Waals surface area contributed by atoms with Crippen molar-refractivity contribution in [3.05, 3.63) is 54.2 Å². The Morgan fingerprint density at radius 1 is 1.20 bits per heavy atom. The summed E-state index contributed by atoms with van der Waals surface area (Å²) in [5, 5.41) is 0. The zero-order valence-corrected chi connectivity index (χ0v) is 10.2. The van der Waals surface area contributed by atoms with Gasteiger partial charge in [0.05, 0.1) is 0 Å². The smallest absolute Gasteiger partial charge is 0.151 e. The fraction of sp³-hybridized carbons (Fsp3) is 0. The Labute approximate surface area is 102 Å². The Morgan fingerprint density at radius 2 is 2.07 bits per heavy atom. The minimum absolute atomic E-state index is 0. The summed E-state index contributed by atoms with van der Waals surface area (Å²) in [6.45, 7) is 0. The topological polar surface area (TPSA) is 30.0 Å². The molecule has 0 fully saturated rings. The van der Waals surface area contributed by atoms with Crippen molar-refractivity contribution in [2.24, 2.45) is 0 Å². The van der Waals surface area contributed by atoms with Gasteiger partial charge in [-0.05, 0) is 5.69 Å². The molecule has 3 heteroatoms. The summed E-state index contributed by atoms with van der Waals surface area (Å²) in [6.07, 6.45) is 2.34. The van der Waals surface area contributed by atoms with E-state index in [0.29, 0.717) is 5.56 Å². The van der Waals surface area contributed by atoms with Gasteiger partial charge in [-0.2, -0.15) is 0 Å². The Bertz CT molecular complexity index is 425. The molecule has 77 valence electrons. The van der Waals surface area contributed by atoms with Gasteiger partial charge in [-0.3, -0.25) is 4.79 Å². The number of carbonyl (C=O) groups is 1. The van der Waals surface area contributed by atoms with Gasteiger partial charge in [0.25, 0.3) is 0 Å². The van der Waals surface area contributed by atoms with Crippen LogP contribution in [-0.2, 0) is 20.1 Å². The van der Waals surface area contributed by atoms with Crippen LogP contribution in [0.15, 0.2) is 42.6 Å². The van der Waals surface area contributed by atoms with Gasteiger partial charge in [0.1, 0.15) is 0 Å². The standard InChI is InChI=1S/C12H8NO.Ir/c14-9-10-6-7-12(13-8-10)11-4-2-1-3-5-11;/h1-4,6-9H;/q-1;. The number of benzene rings is 1. The van der Waals surface area contributed by atoms with Crippen LogP contribution in [0, 0.1) is 6.07 Å². The van der Waals surface area contributed by atoms with E-state index in [1.54, 1.807) is 12.3 Å². The van der Waals surface area contributed by atoms with Crippen LogP contribution in [0.25, 0.3) is 11.3 Å². The molecule has 2 nitrogen and oxygen atoms in total. The minimum atomic E-state index is 0. The molecule has 0 aliphatic heterocycles. The molecule has 1 aromatic heterocycles. The van der Waals surface area contributed by atoms with Gasteiger partial charge in [-0.15, -0.1) is 35.9 Å². The maximum absolute atomic E-state index is 10.4. The van der Waals surface area contributed by atoms with E-state index < -0.39 is 0 Å². The fourth-order valence-electron chi connectivity index (χ4n) is 1.19. The van der Waals surface area contributed by atoms with E-state index in [-0.39, 0.29) is 20.1 Å². The molecule has 0 saturated carbocycles. The molecular weight excluding hydrogens is 366 g/mol. The van der Waals surface area contributed by atoms with Crippen LogP contribution in [-0.4, -0.2) is 11.3 Å². The van der Waals surface area contributed by atoms with Crippen LogP contribution >= 0.6 is 0 Å². The molecule has 0 aliphatic rings. The van der Waals surface area contributed by atoms with E-state index >= 15 is 0 Å². The molecule has 0 unspecified atom stereocenters. The van der Waals surface area contributed by atoms with E-state index in [1.807, 2.05) is 30.3 Å². The normalized spacial score (nSPS) is 9.07. The van der Waals surface area contributed by atoms with E-state index in [1.165, 1.54) is 0 Å². The molecule has 0 saturated heterocycles. The number of pyridine rings is 1. The van der Waals surface area contributed by atoms with E-state index in [4.69, 9.17) is 0 Å². The second-order valence-corrected chi connectivity index (χ2v) is 2.87. The van der Waals surface area contributed by atoms with E-state index in [2.05, 4.69) is 11.1 Å². The number of hydrogen-bond donors (Lipinski definition) is 0. The molecule has 1 radical (unpaired) electrons. The van der Waals surface area contributed by atoms with Crippen molar-refractivity contribution in [1.29, 1.82) is 0 Å². The second-order valence-electron chi connectivity index (χ2n) is 2.87. The van der Waals surface area contributed by atoms with Crippen LogP contribution in [0.4, 0.5) is 0 Å². The van der Waals surface area contributed by atoms with E-state index in [9.17, 15) is 4.79 Å². The minimum Gasteiger partial charge on any atom is -0.304 e. The molecule has 0 bridgehead atoms. The third-order valence-corrected chi connectivity index (χ3v) is 1.91. The maximum atomic E-state index is 10.4. The summed E-state index contributed by atoms with van der Waals surface area (Å²) in [7, 11) is 0. The summed E-state index contributed by atoms with van der Waals surface area (Å²) in [4.78, 5) is 14.6. The monoisotopic (exact) mass is 375 g/mol. The molecule has 0 atom stereocenters. The Balaban J connectivity index is 0.00000112. The van der Waals surface area contributed by atoms with Crippen molar-refractivity contribution in [3.63, 3.8) is 0 Å². The van der Waals surface area contributed by atoms with E-state index in [0.717, 1.165) is 17.5 Å². The average molecular weight is 374 g/mol. The number of nitrogens with zero attached hydrogens (tertiary/aromatic N) is 1. The average Bonchev–Trinajstić information content (AvgIpc) is 2.30. The first-order valence-corrected chi connectivity index (χ1v) is 4.28. The Kier molecular flexibility index (Phi) is 4.35. The van der Waals surface area contributed by atoms with Crippen molar-refractivity contribution in [2.45, 2.75) is 0 Å². The van der Waals surface area contributed by atoms with Gasteiger partial charge in [-0.1, -0.05) is 12.1 Å². The molecule has 0 amide bonds. The van der Waals surface area contributed by atoms with Gasteiger partial charge < -0.3 is 4.98 Å². The van der Waals surface area contributed by atoms with Gasteiger partial charge in [0, 0.05) is 31.9 Å². The summed E-state index contributed by atoms with van der Waals surface area (Å²) in [5.41, 5.74) is 2.35. The third kappa shape index (κ3) is 2.82. The number of aromatic nitrogens is 1. The summed E-state index contributed by atoms with van der Waals surface area (Å²) >= 11 is 0. The molecule has 2 rings (SSSR count). The first kappa shape index (κ1) is 11.8. The summed E-state index contributed by atoms with van der Waals surface area (Å²) in [6, 6.07) is 14.2. The zero-order chi connectivity index (χ0) is 9.80. The molecule has 1 heterocycles. The maximum Gasteiger partial charge on any atom is 0.151 e. The van der Waals surface area contributed by atoms with Crippen molar-refractivity contribution < 1.29 is 24.9 Å². The van der Waals surface area contributed by atoms with Gasteiger partial charge >= 0.3 is 0 Å². The van der Waals surface area contributed by atoms with Crippen molar-refractivity contribution in [3.8, 4) is 11.3 Å². The predicted molar refractivity (Wildman–Crippen MR) is 53.9 cm³/mol. The summed E-state index contributed by atoms with van der Waals surface area (Å²) in [5.74, 6) is 0. The second kappa shape index (κ2) is 5.54. The number of hydrogen-bond acceptors (Lipinski definition) is 2. The molecule has 0 N–H and O–H groups in total. The number of aldehydes is 1. The van der Waals surface area contributed by atoms with Gasteiger partial charge in [0.15, 0.2) is 6.29 Å². The first-order valence-electron chi connectivity index (χ1n) is 4.28. The van der Waals surface area contributed by atoms with Crippen LogP contribution in [0.2, 0.25) is 0 Å². The molecule has 0 aliphatic carbocycles. The van der Waals surface area contributed by atoms with Crippen LogP contribution in [0.1, 0.15) is 10.4 Å². The Hall–Kier alpha value is -1.31. The molecular formula is C12H8IrNO-. The molecule has 1 aromatic carbocycles. The summed E-state index contributed by atoms with van der Waals surface area (Å²) < 4.78 is 0. The van der Waals surface area contributed by atoms with Gasteiger partial charge in [-0.25, -0.2) is 0 Å². The van der Waals surface area contributed by atoms with Crippen LogP contribution in [0.3, 0.4) is 0 Å². The van der Waals surface area contributed by atoms with Crippen LogP contribution < -0.4 is 0 Å². The molecule has 0 spiro atoms.